The number of aliphatic carboxylic acids is 1. The number of likely N-dealkylation sites (N-methyl/N-ethyl adjacent to an activating group) is 1. The Morgan fingerprint density at radius 2 is 1.82 bits per heavy atom. The lowest BCUT2D eigenvalue weighted by Gasteiger charge is -2.21. The van der Waals surface area contributed by atoms with Gasteiger partial charge in [-0.1, -0.05) is 6.92 Å². The van der Waals surface area contributed by atoms with E-state index in [9.17, 15) is 14.4 Å². The van der Waals surface area contributed by atoms with Gasteiger partial charge in [0.2, 0.25) is 5.91 Å². The Morgan fingerprint density at radius 3 is 2.27 bits per heavy atom. The van der Waals surface area contributed by atoms with Crippen molar-refractivity contribution in [3.05, 3.63) is 29.8 Å². The Balaban J connectivity index is 2.00. The van der Waals surface area contributed by atoms with Crippen molar-refractivity contribution in [2.24, 2.45) is 11.8 Å². The number of benzene rings is 1. The summed E-state index contributed by atoms with van der Waals surface area (Å²) in [5.41, 5.74) is 1.02. The molecule has 3 unspecified atom stereocenters. The standard InChI is InChI=1S/C16H20N2O4/c1-9-8-13(9)14(19)17-12-6-4-11(5-7-12)15(20)18(3)10(2)16(21)22/h4-7,9-10,13H,8H2,1-3H3,(H,17,19)(H,21,22). The van der Waals surface area contributed by atoms with Crippen molar-refractivity contribution >= 4 is 23.5 Å². The minimum atomic E-state index is -1.06. The highest BCUT2D eigenvalue weighted by Crippen LogP contribution is 2.38. The zero-order valence-corrected chi connectivity index (χ0v) is 12.9. The van der Waals surface area contributed by atoms with Crippen LogP contribution >= 0.6 is 0 Å². The van der Waals surface area contributed by atoms with Gasteiger partial charge < -0.3 is 15.3 Å². The van der Waals surface area contributed by atoms with Gasteiger partial charge in [-0.3, -0.25) is 9.59 Å². The normalized spacial score (nSPS) is 20.9. The number of hydrogen-bond donors (Lipinski definition) is 2. The molecular weight excluding hydrogens is 284 g/mol. The van der Waals surface area contributed by atoms with Crippen molar-refractivity contribution in [3.8, 4) is 0 Å². The van der Waals surface area contributed by atoms with E-state index in [0.29, 0.717) is 17.2 Å². The first-order chi connectivity index (χ1) is 10.3. The molecule has 2 N–H and O–H groups in total. The first-order valence-electron chi connectivity index (χ1n) is 7.22. The fraction of sp³-hybridized carbons (Fsp3) is 0.438. The van der Waals surface area contributed by atoms with E-state index in [4.69, 9.17) is 5.11 Å². The number of amides is 2. The Morgan fingerprint density at radius 1 is 1.27 bits per heavy atom. The van der Waals surface area contributed by atoms with E-state index in [0.717, 1.165) is 6.42 Å². The van der Waals surface area contributed by atoms with Crippen LogP contribution < -0.4 is 5.32 Å². The van der Waals surface area contributed by atoms with Crippen molar-refractivity contribution in [1.29, 1.82) is 0 Å². The van der Waals surface area contributed by atoms with Crippen molar-refractivity contribution in [2.75, 3.05) is 12.4 Å². The van der Waals surface area contributed by atoms with E-state index >= 15 is 0 Å². The molecule has 2 amide bonds. The highest BCUT2D eigenvalue weighted by atomic mass is 16.4. The summed E-state index contributed by atoms with van der Waals surface area (Å²) in [7, 11) is 1.45. The van der Waals surface area contributed by atoms with E-state index in [1.54, 1.807) is 24.3 Å². The predicted molar refractivity (Wildman–Crippen MR) is 81.5 cm³/mol. The molecule has 6 heteroatoms. The molecule has 0 radical (unpaired) electrons. The number of anilines is 1. The largest absolute Gasteiger partial charge is 0.480 e. The summed E-state index contributed by atoms with van der Waals surface area (Å²) in [4.78, 5) is 36.1. The molecule has 118 valence electrons. The Bertz CT molecular complexity index is 597. The van der Waals surface area contributed by atoms with Gasteiger partial charge >= 0.3 is 5.97 Å². The molecule has 1 saturated carbocycles. The third-order valence-corrected chi connectivity index (χ3v) is 4.10. The molecule has 22 heavy (non-hydrogen) atoms. The van der Waals surface area contributed by atoms with E-state index in [1.807, 2.05) is 6.92 Å². The van der Waals surface area contributed by atoms with Crippen LogP contribution in [0.3, 0.4) is 0 Å². The first kappa shape index (κ1) is 16.0. The van der Waals surface area contributed by atoms with Crippen molar-refractivity contribution in [1.82, 2.24) is 4.90 Å². The van der Waals surface area contributed by atoms with Gasteiger partial charge in [-0.15, -0.1) is 0 Å². The number of carboxylic acids is 1. The van der Waals surface area contributed by atoms with Gasteiger partial charge in [0.05, 0.1) is 0 Å². The second kappa shape index (κ2) is 6.17. The zero-order valence-electron chi connectivity index (χ0n) is 12.9. The quantitative estimate of drug-likeness (QED) is 0.869. The van der Waals surface area contributed by atoms with Gasteiger partial charge in [-0.05, 0) is 43.5 Å². The van der Waals surface area contributed by atoms with Crippen LogP contribution in [0.4, 0.5) is 5.69 Å². The Hall–Kier alpha value is -2.37. The monoisotopic (exact) mass is 304 g/mol. The number of carbonyl (C=O) groups excluding carboxylic acids is 2. The maximum atomic E-state index is 12.2. The van der Waals surface area contributed by atoms with Crippen LogP contribution in [-0.4, -0.2) is 40.9 Å². The van der Waals surface area contributed by atoms with Crippen molar-refractivity contribution < 1.29 is 19.5 Å². The topological polar surface area (TPSA) is 86.7 Å². The van der Waals surface area contributed by atoms with Gasteiger partial charge in [-0.2, -0.15) is 0 Å². The van der Waals surface area contributed by atoms with Gasteiger partial charge in [0, 0.05) is 24.2 Å². The summed E-state index contributed by atoms with van der Waals surface area (Å²) in [5.74, 6) is -0.902. The van der Waals surface area contributed by atoms with Crippen LogP contribution in [0.1, 0.15) is 30.6 Å². The average molecular weight is 304 g/mol. The van der Waals surface area contributed by atoms with Gasteiger partial charge in [-0.25, -0.2) is 4.79 Å². The van der Waals surface area contributed by atoms with Gasteiger partial charge in [0.1, 0.15) is 6.04 Å². The lowest BCUT2D eigenvalue weighted by atomic mass is 10.1. The first-order valence-corrected chi connectivity index (χ1v) is 7.22. The maximum absolute atomic E-state index is 12.2. The summed E-state index contributed by atoms with van der Waals surface area (Å²) in [6.45, 7) is 3.48. The fourth-order valence-electron chi connectivity index (χ4n) is 2.16. The number of hydrogen-bond acceptors (Lipinski definition) is 3. The molecule has 1 aromatic rings. The molecule has 2 rings (SSSR count). The molecule has 0 heterocycles. The maximum Gasteiger partial charge on any atom is 0.326 e. The minimum Gasteiger partial charge on any atom is -0.480 e. The van der Waals surface area contributed by atoms with Gasteiger partial charge in [0.15, 0.2) is 0 Å². The SMILES string of the molecule is CC1CC1C(=O)Nc1ccc(C(=O)N(C)C(C)C(=O)O)cc1. The molecule has 1 aliphatic rings. The summed E-state index contributed by atoms with van der Waals surface area (Å²) in [6.07, 6.45) is 0.917. The second-order valence-electron chi connectivity index (χ2n) is 5.82. The summed E-state index contributed by atoms with van der Waals surface area (Å²) in [5, 5.41) is 11.7. The molecule has 6 nitrogen and oxygen atoms in total. The van der Waals surface area contributed by atoms with Gasteiger partial charge in [0.25, 0.3) is 5.91 Å². The molecular formula is C16H20N2O4. The predicted octanol–water partition coefficient (Wildman–Crippen LogP) is 1.83. The zero-order chi connectivity index (χ0) is 16.4. The van der Waals surface area contributed by atoms with Crippen molar-refractivity contribution in [3.63, 3.8) is 0 Å². The molecule has 1 aliphatic carbocycles. The third kappa shape index (κ3) is 3.44. The highest BCUT2D eigenvalue weighted by Gasteiger charge is 2.39. The highest BCUT2D eigenvalue weighted by molar-refractivity contribution is 5.98. The van der Waals surface area contributed by atoms with Crippen LogP contribution in [0, 0.1) is 11.8 Å². The Kier molecular flexibility index (Phi) is 4.49. The molecule has 0 saturated heterocycles. The van der Waals surface area contributed by atoms with Crippen molar-refractivity contribution in [2.45, 2.75) is 26.3 Å². The van der Waals surface area contributed by atoms with E-state index in [-0.39, 0.29) is 17.7 Å². The van der Waals surface area contributed by atoms with Crippen LogP contribution in [0.15, 0.2) is 24.3 Å². The number of rotatable bonds is 5. The number of nitrogens with zero attached hydrogens (tertiary/aromatic N) is 1. The fourth-order valence-corrected chi connectivity index (χ4v) is 2.16. The molecule has 0 aliphatic heterocycles. The van der Waals surface area contributed by atoms with E-state index in [2.05, 4.69) is 5.32 Å². The van der Waals surface area contributed by atoms with E-state index in [1.165, 1.54) is 18.9 Å². The van der Waals surface area contributed by atoms with E-state index < -0.39 is 12.0 Å². The van der Waals surface area contributed by atoms with Crippen LogP contribution in [0.5, 0.6) is 0 Å². The number of nitrogens with one attached hydrogen (secondary N) is 1. The molecule has 0 aromatic heterocycles. The number of carbonyl (C=O) groups is 3. The molecule has 0 spiro atoms. The third-order valence-electron chi connectivity index (χ3n) is 4.10. The molecule has 1 aromatic carbocycles. The second-order valence-corrected chi connectivity index (χ2v) is 5.82. The summed E-state index contributed by atoms with van der Waals surface area (Å²) < 4.78 is 0. The smallest absolute Gasteiger partial charge is 0.326 e. The summed E-state index contributed by atoms with van der Waals surface area (Å²) >= 11 is 0. The molecule has 1 fully saturated rings. The summed E-state index contributed by atoms with van der Waals surface area (Å²) in [6, 6.07) is 5.57. The average Bonchev–Trinajstić information content (AvgIpc) is 3.22. The molecule has 3 atom stereocenters. The lowest BCUT2D eigenvalue weighted by molar-refractivity contribution is -0.141. The molecule has 0 bridgehead atoms. The number of carboxylic acid groups (broad SMARTS) is 1. The van der Waals surface area contributed by atoms with Crippen LogP contribution in [-0.2, 0) is 9.59 Å². The minimum absolute atomic E-state index is 0.00296. The van der Waals surface area contributed by atoms with Crippen LogP contribution in [0.2, 0.25) is 0 Å². The van der Waals surface area contributed by atoms with Crippen LogP contribution in [0.25, 0.3) is 0 Å². The Labute approximate surface area is 129 Å². The lowest BCUT2D eigenvalue weighted by Crippen LogP contribution is -2.40.